The van der Waals surface area contributed by atoms with Crippen LogP contribution in [0.5, 0.6) is 0 Å². The number of carbonyl (C=O) groups is 2. The van der Waals surface area contributed by atoms with E-state index >= 15 is 0 Å². The molecule has 2 heterocycles. The highest BCUT2D eigenvalue weighted by atomic mass is 79.9. The standard InChI is InChI=1S/C19H24BrN5O2/c1-23(2)10-11-24-13-16(12-21-24)22-18(26)17-4-3-9-25(17)19(27)14-5-7-15(20)8-6-14/h5-8,12-13,17H,3-4,9-11H2,1-2H3,(H,22,26). The molecule has 1 atom stereocenters. The van der Waals surface area contributed by atoms with Crippen molar-refractivity contribution >= 4 is 33.4 Å². The van der Waals surface area contributed by atoms with Gasteiger partial charge in [0.1, 0.15) is 6.04 Å². The fraction of sp³-hybridized carbons (Fsp3) is 0.421. The van der Waals surface area contributed by atoms with E-state index in [2.05, 4.69) is 31.2 Å². The predicted octanol–water partition coefficient (Wildman–Crippen LogP) is 2.45. The lowest BCUT2D eigenvalue weighted by atomic mass is 10.1. The lowest BCUT2D eigenvalue weighted by molar-refractivity contribution is -0.119. The fourth-order valence-corrected chi connectivity index (χ4v) is 3.38. The van der Waals surface area contributed by atoms with Gasteiger partial charge in [-0.1, -0.05) is 15.9 Å². The van der Waals surface area contributed by atoms with Crippen LogP contribution in [0.25, 0.3) is 0 Å². The first-order valence-corrected chi connectivity index (χ1v) is 9.78. The van der Waals surface area contributed by atoms with Crippen LogP contribution >= 0.6 is 15.9 Å². The second kappa shape index (κ2) is 8.67. The zero-order chi connectivity index (χ0) is 19.4. The zero-order valence-electron chi connectivity index (χ0n) is 15.6. The number of aromatic nitrogens is 2. The van der Waals surface area contributed by atoms with Crippen molar-refractivity contribution in [3.8, 4) is 0 Å². The number of amides is 2. The van der Waals surface area contributed by atoms with Gasteiger partial charge in [-0.25, -0.2) is 0 Å². The molecule has 1 saturated heterocycles. The number of anilines is 1. The van der Waals surface area contributed by atoms with Gasteiger partial charge in [0, 0.05) is 29.3 Å². The highest BCUT2D eigenvalue weighted by Gasteiger charge is 2.34. The van der Waals surface area contributed by atoms with Crippen molar-refractivity contribution in [2.24, 2.45) is 0 Å². The topological polar surface area (TPSA) is 70.5 Å². The van der Waals surface area contributed by atoms with Gasteiger partial charge in [-0.05, 0) is 51.2 Å². The summed E-state index contributed by atoms with van der Waals surface area (Å²) in [6.45, 7) is 2.21. The van der Waals surface area contributed by atoms with Gasteiger partial charge in [-0.15, -0.1) is 0 Å². The van der Waals surface area contributed by atoms with Crippen molar-refractivity contribution in [2.45, 2.75) is 25.4 Å². The summed E-state index contributed by atoms with van der Waals surface area (Å²) in [5.41, 5.74) is 1.25. The molecule has 144 valence electrons. The van der Waals surface area contributed by atoms with Crippen LogP contribution < -0.4 is 5.32 Å². The van der Waals surface area contributed by atoms with Crippen molar-refractivity contribution in [1.29, 1.82) is 0 Å². The van der Waals surface area contributed by atoms with E-state index in [9.17, 15) is 9.59 Å². The van der Waals surface area contributed by atoms with E-state index in [0.29, 0.717) is 24.2 Å². The number of likely N-dealkylation sites (N-methyl/N-ethyl adjacent to an activating group) is 1. The predicted molar refractivity (Wildman–Crippen MR) is 108 cm³/mol. The van der Waals surface area contributed by atoms with Crippen LogP contribution in [0.15, 0.2) is 41.1 Å². The fourth-order valence-electron chi connectivity index (χ4n) is 3.12. The van der Waals surface area contributed by atoms with Gasteiger partial charge in [0.15, 0.2) is 0 Å². The lowest BCUT2D eigenvalue weighted by Gasteiger charge is -2.23. The molecule has 0 saturated carbocycles. The van der Waals surface area contributed by atoms with Crippen LogP contribution in [0, 0.1) is 0 Å². The van der Waals surface area contributed by atoms with E-state index in [1.165, 1.54) is 0 Å². The number of carbonyl (C=O) groups excluding carboxylic acids is 2. The highest BCUT2D eigenvalue weighted by Crippen LogP contribution is 2.22. The molecule has 1 aromatic heterocycles. The van der Waals surface area contributed by atoms with Crippen molar-refractivity contribution < 1.29 is 9.59 Å². The smallest absolute Gasteiger partial charge is 0.254 e. The zero-order valence-corrected chi connectivity index (χ0v) is 17.1. The molecule has 2 aromatic rings. The Morgan fingerprint density at radius 1 is 1.30 bits per heavy atom. The van der Waals surface area contributed by atoms with Crippen LogP contribution in [0.4, 0.5) is 5.69 Å². The minimum Gasteiger partial charge on any atom is -0.327 e. The van der Waals surface area contributed by atoms with Crippen molar-refractivity contribution in [3.05, 3.63) is 46.7 Å². The van der Waals surface area contributed by atoms with Crippen molar-refractivity contribution in [3.63, 3.8) is 0 Å². The van der Waals surface area contributed by atoms with Crippen LogP contribution in [0.2, 0.25) is 0 Å². The van der Waals surface area contributed by atoms with E-state index in [-0.39, 0.29) is 11.8 Å². The first-order chi connectivity index (χ1) is 12.9. The SMILES string of the molecule is CN(C)CCn1cc(NC(=O)C2CCCN2C(=O)c2ccc(Br)cc2)cn1. The number of nitrogens with one attached hydrogen (secondary N) is 1. The van der Waals surface area contributed by atoms with E-state index in [1.54, 1.807) is 27.9 Å². The van der Waals surface area contributed by atoms with Crippen LogP contribution in [0.3, 0.4) is 0 Å². The summed E-state index contributed by atoms with van der Waals surface area (Å²) in [6, 6.07) is 6.76. The van der Waals surface area contributed by atoms with E-state index in [1.807, 2.05) is 32.4 Å². The van der Waals surface area contributed by atoms with Gasteiger partial charge in [0.25, 0.3) is 5.91 Å². The molecule has 1 aliphatic rings. The third-order valence-electron chi connectivity index (χ3n) is 4.58. The Morgan fingerprint density at radius 2 is 2.04 bits per heavy atom. The monoisotopic (exact) mass is 433 g/mol. The van der Waals surface area contributed by atoms with E-state index in [0.717, 1.165) is 24.0 Å². The third kappa shape index (κ3) is 4.95. The molecule has 2 amide bonds. The van der Waals surface area contributed by atoms with Crippen LogP contribution in [-0.4, -0.2) is 64.6 Å². The Balaban J connectivity index is 1.63. The van der Waals surface area contributed by atoms with Gasteiger partial charge >= 0.3 is 0 Å². The number of hydrogen-bond donors (Lipinski definition) is 1. The Kier molecular flexibility index (Phi) is 6.28. The number of halogens is 1. The molecule has 0 spiro atoms. The molecule has 0 bridgehead atoms. The van der Waals surface area contributed by atoms with Crippen molar-refractivity contribution in [1.82, 2.24) is 19.6 Å². The highest BCUT2D eigenvalue weighted by molar-refractivity contribution is 9.10. The quantitative estimate of drug-likeness (QED) is 0.759. The van der Waals surface area contributed by atoms with Gasteiger partial charge in [-0.2, -0.15) is 5.10 Å². The third-order valence-corrected chi connectivity index (χ3v) is 5.11. The van der Waals surface area contributed by atoms with Crippen LogP contribution in [0.1, 0.15) is 23.2 Å². The molecule has 1 aromatic carbocycles. The molecule has 0 radical (unpaired) electrons. The van der Waals surface area contributed by atoms with Crippen LogP contribution in [-0.2, 0) is 11.3 Å². The summed E-state index contributed by atoms with van der Waals surface area (Å²) in [5, 5.41) is 7.17. The number of likely N-dealkylation sites (tertiary alicyclic amines) is 1. The summed E-state index contributed by atoms with van der Waals surface area (Å²) in [4.78, 5) is 29.3. The number of benzene rings is 1. The number of nitrogens with zero attached hydrogens (tertiary/aromatic N) is 4. The normalized spacial score (nSPS) is 16.7. The molecule has 1 fully saturated rings. The Hall–Kier alpha value is -2.19. The molecular formula is C19H24BrN5O2. The summed E-state index contributed by atoms with van der Waals surface area (Å²) in [5.74, 6) is -0.271. The number of hydrogen-bond acceptors (Lipinski definition) is 4. The molecule has 1 aliphatic heterocycles. The molecular weight excluding hydrogens is 410 g/mol. The second-order valence-corrected chi connectivity index (χ2v) is 7.86. The van der Waals surface area contributed by atoms with Gasteiger partial charge in [0.05, 0.1) is 18.4 Å². The molecule has 1 N–H and O–H groups in total. The van der Waals surface area contributed by atoms with E-state index in [4.69, 9.17) is 0 Å². The van der Waals surface area contributed by atoms with Gasteiger partial charge in [-0.3, -0.25) is 14.3 Å². The molecule has 7 nitrogen and oxygen atoms in total. The average molecular weight is 434 g/mol. The molecule has 1 unspecified atom stereocenters. The molecule has 8 heteroatoms. The Labute approximate surface area is 167 Å². The van der Waals surface area contributed by atoms with Crippen molar-refractivity contribution in [2.75, 3.05) is 32.5 Å². The maximum atomic E-state index is 12.8. The molecule has 0 aliphatic carbocycles. The summed E-state index contributed by atoms with van der Waals surface area (Å²) in [7, 11) is 4.01. The largest absolute Gasteiger partial charge is 0.327 e. The second-order valence-electron chi connectivity index (χ2n) is 6.95. The minimum atomic E-state index is -0.453. The first kappa shape index (κ1) is 19.6. The Morgan fingerprint density at radius 3 is 2.74 bits per heavy atom. The maximum absolute atomic E-state index is 12.8. The minimum absolute atomic E-state index is 0.109. The maximum Gasteiger partial charge on any atom is 0.254 e. The summed E-state index contributed by atoms with van der Waals surface area (Å²) in [6.07, 6.45) is 4.95. The van der Waals surface area contributed by atoms with Gasteiger partial charge < -0.3 is 15.1 Å². The molecule has 27 heavy (non-hydrogen) atoms. The lowest BCUT2D eigenvalue weighted by Crippen LogP contribution is -2.43. The average Bonchev–Trinajstić information content (AvgIpc) is 3.29. The summed E-state index contributed by atoms with van der Waals surface area (Å²) < 4.78 is 2.72. The molecule has 3 rings (SSSR count). The van der Waals surface area contributed by atoms with Gasteiger partial charge in [0.2, 0.25) is 5.91 Å². The van der Waals surface area contributed by atoms with E-state index < -0.39 is 6.04 Å². The number of rotatable bonds is 6. The summed E-state index contributed by atoms with van der Waals surface area (Å²) >= 11 is 3.37. The first-order valence-electron chi connectivity index (χ1n) is 8.98. The Bertz CT molecular complexity index is 803.